The topological polar surface area (TPSA) is 79.6 Å². The van der Waals surface area contributed by atoms with Gasteiger partial charge in [-0.05, 0) is 54.2 Å². The molecule has 4 rings (SSSR count). The van der Waals surface area contributed by atoms with Gasteiger partial charge < -0.3 is 9.73 Å². The number of amides is 3. The van der Waals surface area contributed by atoms with E-state index in [0.717, 1.165) is 4.90 Å². The lowest BCUT2D eigenvalue weighted by atomic mass is 10.2. The molecule has 10 heteroatoms. The summed E-state index contributed by atoms with van der Waals surface area (Å²) in [7, 11) is 0. The van der Waals surface area contributed by atoms with E-state index in [1.165, 1.54) is 24.3 Å². The van der Waals surface area contributed by atoms with Gasteiger partial charge in [0.2, 0.25) is 5.91 Å². The van der Waals surface area contributed by atoms with Crippen molar-refractivity contribution in [1.82, 2.24) is 4.90 Å². The fourth-order valence-electron chi connectivity index (χ4n) is 2.92. The number of halogens is 3. The van der Waals surface area contributed by atoms with Crippen LogP contribution in [-0.4, -0.2) is 28.5 Å². The Labute approximate surface area is 196 Å². The number of hydrogen-bond acceptors (Lipinski definition) is 5. The number of carbonyl (C=O) groups excluding carboxylic acids is 3. The van der Waals surface area contributed by atoms with E-state index in [1.807, 2.05) is 0 Å². The highest BCUT2D eigenvalue weighted by Gasteiger charge is 2.36. The fraction of sp³-hybridized carbons (Fsp3) is 0.0455. The quantitative estimate of drug-likeness (QED) is 0.439. The Morgan fingerprint density at radius 2 is 1.91 bits per heavy atom. The van der Waals surface area contributed by atoms with Crippen LogP contribution in [0.25, 0.3) is 17.4 Å². The maximum absolute atomic E-state index is 13.7. The molecule has 32 heavy (non-hydrogen) atoms. The summed E-state index contributed by atoms with van der Waals surface area (Å²) >= 11 is 12.9. The minimum absolute atomic E-state index is 0.0391. The summed E-state index contributed by atoms with van der Waals surface area (Å²) in [4.78, 5) is 38.0. The molecule has 1 aliphatic heterocycles. The van der Waals surface area contributed by atoms with Gasteiger partial charge in [-0.1, -0.05) is 35.3 Å². The summed E-state index contributed by atoms with van der Waals surface area (Å²) in [6.45, 7) is -0.544. The lowest BCUT2D eigenvalue weighted by Gasteiger charge is -2.12. The van der Waals surface area contributed by atoms with Crippen LogP contribution in [0.1, 0.15) is 5.76 Å². The highest BCUT2D eigenvalue weighted by atomic mass is 35.5. The minimum Gasteiger partial charge on any atom is -0.457 e. The molecule has 0 unspecified atom stereocenters. The molecule has 6 nitrogen and oxygen atoms in total. The van der Waals surface area contributed by atoms with Crippen LogP contribution < -0.4 is 5.32 Å². The summed E-state index contributed by atoms with van der Waals surface area (Å²) in [6.07, 6.45) is 1.40. The van der Waals surface area contributed by atoms with Gasteiger partial charge in [-0.15, -0.1) is 0 Å². The van der Waals surface area contributed by atoms with Gasteiger partial charge in [0, 0.05) is 16.7 Å². The fourth-order valence-corrected chi connectivity index (χ4v) is 4.12. The standard InChI is InChI=1S/C22H13Cl2FN2O4S/c23-12-5-7-15(24)14(9-12)18-8-6-13(31-18)10-19-21(29)27(22(30)32-19)11-20(28)26-17-4-2-1-3-16(17)25/h1-10H,11H2,(H,26,28). The zero-order valence-corrected chi connectivity index (χ0v) is 18.4. The first kappa shape index (κ1) is 22.1. The van der Waals surface area contributed by atoms with Crippen molar-refractivity contribution in [2.24, 2.45) is 0 Å². The molecule has 162 valence electrons. The third-order valence-electron chi connectivity index (χ3n) is 4.42. The molecule has 0 spiro atoms. The van der Waals surface area contributed by atoms with E-state index in [-0.39, 0.29) is 10.6 Å². The molecular formula is C22H13Cl2FN2O4S. The number of furan rings is 1. The predicted octanol–water partition coefficient (Wildman–Crippen LogP) is 6.07. The van der Waals surface area contributed by atoms with Gasteiger partial charge in [-0.25, -0.2) is 4.39 Å². The van der Waals surface area contributed by atoms with Crippen LogP contribution in [0.4, 0.5) is 14.9 Å². The molecule has 2 heterocycles. The number of hydrogen-bond donors (Lipinski definition) is 1. The second kappa shape index (κ2) is 9.20. The lowest BCUT2D eigenvalue weighted by Crippen LogP contribution is -2.36. The molecule has 3 aromatic rings. The second-order valence-corrected chi connectivity index (χ2v) is 8.46. The van der Waals surface area contributed by atoms with Gasteiger partial charge in [0.25, 0.3) is 11.1 Å². The molecule has 2 aromatic carbocycles. The molecule has 0 radical (unpaired) electrons. The maximum atomic E-state index is 13.7. The Morgan fingerprint density at radius 3 is 2.69 bits per heavy atom. The number of nitrogens with zero attached hydrogens (tertiary/aromatic N) is 1. The lowest BCUT2D eigenvalue weighted by molar-refractivity contribution is -0.127. The smallest absolute Gasteiger partial charge is 0.294 e. The number of imide groups is 1. The van der Waals surface area contributed by atoms with Crippen LogP contribution in [-0.2, 0) is 9.59 Å². The van der Waals surface area contributed by atoms with Crippen molar-refractivity contribution in [3.05, 3.63) is 81.1 Å². The van der Waals surface area contributed by atoms with E-state index in [1.54, 1.807) is 36.4 Å². The van der Waals surface area contributed by atoms with Crippen molar-refractivity contribution in [3.63, 3.8) is 0 Å². The van der Waals surface area contributed by atoms with Gasteiger partial charge >= 0.3 is 0 Å². The summed E-state index contributed by atoms with van der Waals surface area (Å²) in [5.74, 6) is -1.22. The highest BCUT2D eigenvalue weighted by molar-refractivity contribution is 8.18. The van der Waals surface area contributed by atoms with Gasteiger partial charge in [0.05, 0.1) is 15.6 Å². The van der Waals surface area contributed by atoms with E-state index >= 15 is 0 Å². The first-order valence-electron chi connectivity index (χ1n) is 9.17. The van der Waals surface area contributed by atoms with Crippen molar-refractivity contribution in [2.75, 3.05) is 11.9 Å². The number of thioether (sulfide) groups is 1. The minimum atomic E-state index is -0.700. The number of para-hydroxylation sites is 1. The van der Waals surface area contributed by atoms with E-state index in [2.05, 4.69) is 5.32 Å². The normalized spacial score (nSPS) is 15.0. The van der Waals surface area contributed by atoms with Crippen LogP contribution in [0.3, 0.4) is 0 Å². The molecule has 0 atom stereocenters. The molecule has 0 bridgehead atoms. The highest BCUT2D eigenvalue weighted by Crippen LogP contribution is 2.35. The Hall–Kier alpha value is -3.07. The monoisotopic (exact) mass is 490 g/mol. The van der Waals surface area contributed by atoms with Crippen molar-refractivity contribution < 1.29 is 23.2 Å². The zero-order chi connectivity index (χ0) is 22.8. The molecule has 0 aliphatic carbocycles. The van der Waals surface area contributed by atoms with Crippen molar-refractivity contribution >= 4 is 63.8 Å². The largest absolute Gasteiger partial charge is 0.457 e. The van der Waals surface area contributed by atoms with E-state index in [4.69, 9.17) is 27.6 Å². The number of carbonyl (C=O) groups is 3. The Balaban J connectivity index is 1.48. The molecule has 1 saturated heterocycles. The van der Waals surface area contributed by atoms with Crippen LogP contribution >= 0.6 is 35.0 Å². The average molecular weight is 491 g/mol. The SMILES string of the molecule is O=C(CN1C(=O)SC(=Cc2ccc(-c3cc(Cl)ccc3Cl)o2)C1=O)Nc1ccccc1F. The van der Waals surface area contributed by atoms with Gasteiger partial charge in [-0.2, -0.15) is 0 Å². The Bertz CT molecular complexity index is 1270. The Kier molecular flexibility index (Phi) is 6.36. The first-order chi connectivity index (χ1) is 15.3. The van der Waals surface area contributed by atoms with Gasteiger partial charge in [0.15, 0.2) is 0 Å². The summed E-state index contributed by atoms with van der Waals surface area (Å²) in [5, 5.41) is 2.65. The zero-order valence-electron chi connectivity index (χ0n) is 16.1. The van der Waals surface area contributed by atoms with Crippen molar-refractivity contribution in [2.45, 2.75) is 0 Å². The molecular weight excluding hydrogens is 478 g/mol. The number of nitrogens with one attached hydrogen (secondary N) is 1. The van der Waals surface area contributed by atoms with Crippen LogP contribution in [0.15, 0.2) is 63.9 Å². The predicted molar refractivity (Wildman–Crippen MR) is 122 cm³/mol. The molecule has 1 N–H and O–H groups in total. The van der Waals surface area contributed by atoms with Crippen molar-refractivity contribution in [3.8, 4) is 11.3 Å². The summed E-state index contributed by atoms with van der Waals surface area (Å²) in [5.41, 5.74) is 0.541. The van der Waals surface area contributed by atoms with Crippen LogP contribution in [0.5, 0.6) is 0 Å². The average Bonchev–Trinajstić information content (AvgIpc) is 3.32. The van der Waals surface area contributed by atoms with E-state index in [9.17, 15) is 18.8 Å². The third kappa shape index (κ3) is 4.72. The summed E-state index contributed by atoms with van der Waals surface area (Å²) in [6, 6.07) is 13.8. The molecule has 1 fully saturated rings. The maximum Gasteiger partial charge on any atom is 0.294 e. The molecule has 0 saturated carbocycles. The van der Waals surface area contributed by atoms with E-state index < -0.39 is 29.4 Å². The number of benzene rings is 2. The molecule has 1 aliphatic rings. The Morgan fingerprint density at radius 1 is 1.12 bits per heavy atom. The summed E-state index contributed by atoms with van der Waals surface area (Å²) < 4.78 is 19.4. The van der Waals surface area contributed by atoms with Crippen molar-refractivity contribution in [1.29, 1.82) is 0 Å². The van der Waals surface area contributed by atoms with Crippen LogP contribution in [0, 0.1) is 5.82 Å². The van der Waals surface area contributed by atoms with Gasteiger partial charge in [0.1, 0.15) is 23.9 Å². The molecule has 3 amide bonds. The van der Waals surface area contributed by atoms with Crippen LogP contribution in [0.2, 0.25) is 10.0 Å². The number of rotatable bonds is 5. The third-order valence-corrected chi connectivity index (χ3v) is 5.89. The van der Waals surface area contributed by atoms with E-state index in [0.29, 0.717) is 38.9 Å². The number of anilines is 1. The molecule has 1 aromatic heterocycles. The second-order valence-electron chi connectivity index (χ2n) is 6.62. The van der Waals surface area contributed by atoms with Gasteiger partial charge in [-0.3, -0.25) is 19.3 Å². The first-order valence-corrected chi connectivity index (χ1v) is 10.7.